The van der Waals surface area contributed by atoms with Crippen molar-refractivity contribution in [3.63, 3.8) is 0 Å². The van der Waals surface area contributed by atoms with Crippen LogP contribution in [0.15, 0.2) is 42.5 Å². The number of benzene rings is 2. The van der Waals surface area contributed by atoms with Gasteiger partial charge in [0.05, 0.1) is 12.2 Å². The van der Waals surface area contributed by atoms with Crippen molar-refractivity contribution in [1.82, 2.24) is 0 Å². The maximum Gasteiger partial charge on any atom is 0.343 e. The van der Waals surface area contributed by atoms with E-state index in [2.05, 4.69) is 13.8 Å². The van der Waals surface area contributed by atoms with Crippen molar-refractivity contribution >= 4 is 19.5 Å². The summed E-state index contributed by atoms with van der Waals surface area (Å²) in [7, 11) is 1.50. The largest absolute Gasteiger partial charge is 0.493 e. The van der Waals surface area contributed by atoms with Crippen molar-refractivity contribution in [1.29, 1.82) is 0 Å². The molecule has 1 aliphatic heterocycles. The van der Waals surface area contributed by atoms with E-state index < -0.39 is 5.97 Å². The Morgan fingerprint density at radius 2 is 1.75 bits per heavy atom. The second kappa shape index (κ2) is 6.15. The van der Waals surface area contributed by atoms with Gasteiger partial charge in [-0.3, -0.25) is 0 Å². The van der Waals surface area contributed by atoms with Gasteiger partial charge in [0.2, 0.25) is 0 Å². The minimum Gasteiger partial charge on any atom is -0.493 e. The maximum atomic E-state index is 12.4. The van der Waals surface area contributed by atoms with Crippen LogP contribution < -0.4 is 9.47 Å². The van der Waals surface area contributed by atoms with Crippen LogP contribution in [-0.4, -0.2) is 26.1 Å². The van der Waals surface area contributed by atoms with Crippen molar-refractivity contribution < 1.29 is 19.1 Å². The standard InChI is InChI=1S/C19H19BO4/c1-19(2)9-10-23-16-8-5-13(11-15(16)19)18(22)24-14-6-3-12(4-7-14)17(20)21/h3-8,11H,9-10,20H2,1-2H3. The zero-order chi connectivity index (χ0) is 17.3. The minimum atomic E-state index is -0.422. The van der Waals surface area contributed by atoms with E-state index in [1.54, 1.807) is 30.3 Å². The number of ether oxygens (including phenoxy) is 2. The monoisotopic (exact) mass is 322 g/mol. The Balaban J connectivity index is 1.82. The van der Waals surface area contributed by atoms with Crippen molar-refractivity contribution in [2.24, 2.45) is 0 Å². The van der Waals surface area contributed by atoms with Gasteiger partial charge in [0.15, 0.2) is 7.85 Å². The van der Waals surface area contributed by atoms with Gasteiger partial charge in [0, 0.05) is 11.1 Å². The molecule has 0 radical (unpaired) electrons. The fourth-order valence-electron chi connectivity index (χ4n) is 2.79. The first-order valence-corrected chi connectivity index (χ1v) is 7.97. The topological polar surface area (TPSA) is 52.6 Å². The van der Waals surface area contributed by atoms with Crippen LogP contribution in [0.2, 0.25) is 0 Å². The van der Waals surface area contributed by atoms with Crippen molar-refractivity contribution in [3.05, 3.63) is 59.2 Å². The van der Waals surface area contributed by atoms with E-state index in [0.717, 1.165) is 17.7 Å². The molecular formula is C19H19BO4. The summed E-state index contributed by atoms with van der Waals surface area (Å²) >= 11 is 0. The smallest absolute Gasteiger partial charge is 0.343 e. The highest BCUT2D eigenvalue weighted by molar-refractivity contribution is 6.62. The molecule has 2 aromatic carbocycles. The number of esters is 1. The molecule has 122 valence electrons. The second-order valence-electron chi connectivity index (χ2n) is 6.66. The quantitative estimate of drug-likeness (QED) is 0.495. The molecular weight excluding hydrogens is 303 g/mol. The van der Waals surface area contributed by atoms with Gasteiger partial charge in [-0.05, 0) is 54.3 Å². The zero-order valence-corrected chi connectivity index (χ0v) is 14.1. The van der Waals surface area contributed by atoms with Gasteiger partial charge in [-0.15, -0.1) is 0 Å². The molecule has 0 amide bonds. The van der Waals surface area contributed by atoms with Crippen LogP contribution in [0.3, 0.4) is 0 Å². The summed E-state index contributed by atoms with van der Waals surface area (Å²) in [6.45, 7) is 4.97. The summed E-state index contributed by atoms with van der Waals surface area (Å²) in [4.78, 5) is 23.7. The SMILES string of the molecule is BC(=O)c1ccc(OC(=O)c2ccc3c(c2)C(C)(C)CCO3)cc1. The van der Waals surface area contributed by atoms with Gasteiger partial charge < -0.3 is 14.3 Å². The third-order valence-corrected chi connectivity index (χ3v) is 4.40. The molecule has 0 aromatic heterocycles. The van der Waals surface area contributed by atoms with E-state index in [1.165, 1.54) is 7.85 Å². The number of rotatable bonds is 3. The van der Waals surface area contributed by atoms with Crippen molar-refractivity contribution in [2.45, 2.75) is 25.7 Å². The molecule has 4 nitrogen and oxygen atoms in total. The number of carbonyl (C=O) groups excluding carboxylic acids is 2. The molecule has 1 heterocycles. The Morgan fingerprint density at radius 3 is 2.42 bits per heavy atom. The number of hydrogen-bond acceptors (Lipinski definition) is 4. The van der Waals surface area contributed by atoms with Gasteiger partial charge in [-0.25, -0.2) is 4.79 Å². The van der Waals surface area contributed by atoms with Crippen LogP contribution in [0.5, 0.6) is 11.5 Å². The summed E-state index contributed by atoms with van der Waals surface area (Å²) in [6.07, 6.45) is 0.908. The molecule has 0 bridgehead atoms. The van der Waals surface area contributed by atoms with Gasteiger partial charge in [-0.2, -0.15) is 0 Å². The Bertz CT molecular complexity index is 794. The Labute approximate surface area is 142 Å². The summed E-state index contributed by atoms with van der Waals surface area (Å²) in [5.74, 6) is 0.821. The lowest BCUT2D eigenvalue weighted by atomic mass is 9.79. The van der Waals surface area contributed by atoms with Gasteiger partial charge >= 0.3 is 5.97 Å². The molecule has 2 aromatic rings. The average molecular weight is 322 g/mol. The van der Waals surface area contributed by atoms with Crippen LogP contribution in [0.25, 0.3) is 0 Å². The molecule has 3 rings (SSSR count). The molecule has 0 fully saturated rings. The van der Waals surface area contributed by atoms with Crippen molar-refractivity contribution in [2.75, 3.05) is 6.61 Å². The number of hydrogen-bond donors (Lipinski definition) is 0. The van der Waals surface area contributed by atoms with Crippen LogP contribution in [-0.2, 0) is 5.41 Å². The summed E-state index contributed by atoms with van der Waals surface area (Å²) in [5.41, 5.74) is 2.04. The van der Waals surface area contributed by atoms with E-state index in [0.29, 0.717) is 23.5 Å². The molecule has 0 aliphatic carbocycles. The summed E-state index contributed by atoms with van der Waals surface area (Å²) < 4.78 is 11.1. The molecule has 0 saturated heterocycles. The molecule has 24 heavy (non-hydrogen) atoms. The molecule has 5 heteroatoms. The third kappa shape index (κ3) is 3.20. The summed E-state index contributed by atoms with van der Waals surface area (Å²) in [5, 5.41) is 0. The van der Waals surface area contributed by atoms with Gasteiger partial charge in [-0.1, -0.05) is 13.8 Å². The van der Waals surface area contributed by atoms with Crippen molar-refractivity contribution in [3.8, 4) is 11.5 Å². The van der Waals surface area contributed by atoms with Crippen LogP contribution in [0.4, 0.5) is 0 Å². The molecule has 1 aliphatic rings. The first kappa shape index (κ1) is 16.3. The van der Waals surface area contributed by atoms with E-state index in [-0.39, 0.29) is 11.1 Å². The fraction of sp³-hybridized carbons (Fsp3) is 0.263. The Kier molecular flexibility index (Phi) is 4.18. The third-order valence-electron chi connectivity index (χ3n) is 4.40. The second-order valence-corrected chi connectivity index (χ2v) is 6.66. The van der Waals surface area contributed by atoms with E-state index in [1.807, 2.05) is 12.1 Å². The molecule has 0 atom stereocenters. The molecule has 0 spiro atoms. The van der Waals surface area contributed by atoms with E-state index in [4.69, 9.17) is 9.47 Å². The molecule has 0 unspecified atom stereocenters. The van der Waals surface area contributed by atoms with Crippen LogP contribution >= 0.6 is 0 Å². The first-order valence-electron chi connectivity index (χ1n) is 7.97. The van der Waals surface area contributed by atoms with Gasteiger partial charge in [0.25, 0.3) is 0 Å². The summed E-state index contributed by atoms with van der Waals surface area (Å²) in [6, 6.07) is 11.9. The van der Waals surface area contributed by atoms with Gasteiger partial charge in [0.1, 0.15) is 17.2 Å². The highest BCUT2D eigenvalue weighted by Gasteiger charge is 2.29. The lowest BCUT2D eigenvalue weighted by Crippen LogP contribution is -2.27. The predicted octanol–water partition coefficient (Wildman–Crippen LogP) is 2.74. The minimum absolute atomic E-state index is 0.0233. The van der Waals surface area contributed by atoms with Crippen LogP contribution in [0, 0.1) is 0 Å². The number of carbonyl (C=O) groups is 2. The predicted molar refractivity (Wildman–Crippen MR) is 93.9 cm³/mol. The lowest BCUT2D eigenvalue weighted by Gasteiger charge is -2.32. The van der Waals surface area contributed by atoms with E-state index >= 15 is 0 Å². The molecule has 0 saturated carbocycles. The highest BCUT2D eigenvalue weighted by atomic mass is 16.5. The first-order chi connectivity index (χ1) is 11.4. The zero-order valence-electron chi connectivity index (χ0n) is 14.1. The normalized spacial score (nSPS) is 15.1. The fourth-order valence-corrected chi connectivity index (χ4v) is 2.79. The lowest BCUT2D eigenvalue weighted by molar-refractivity contribution is 0.0734. The molecule has 0 N–H and O–H groups in total. The van der Waals surface area contributed by atoms with Crippen LogP contribution in [0.1, 0.15) is 46.5 Å². The Morgan fingerprint density at radius 1 is 1.08 bits per heavy atom. The average Bonchev–Trinajstić information content (AvgIpc) is 2.55. The maximum absolute atomic E-state index is 12.4. The number of fused-ring (bicyclic) bond motifs is 1. The Hall–Kier alpha value is -2.56. The highest BCUT2D eigenvalue weighted by Crippen LogP contribution is 2.38. The van der Waals surface area contributed by atoms with E-state index in [9.17, 15) is 9.59 Å².